The Labute approximate surface area is 126 Å². The van der Waals surface area contributed by atoms with Gasteiger partial charge in [0.25, 0.3) is 0 Å². The van der Waals surface area contributed by atoms with Crippen molar-refractivity contribution >= 4 is 11.9 Å². The van der Waals surface area contributed by atoms with Gasteiger partial charge < -0.3 is 10.1 Å². The summed E-state index contributed by atoms with van der Waals surface area (Å²) >= 11 is 0. The highest BCUT2D eigenvalue weighted by Crippen LogP contribution is 2.34. The number of likely N-dealkylation sites (tertiary alicyclic amines) is 1. The van der Waals surface area contributed by atoms with Crippen LogP contribution in [0.25, 0.3) is 0 Å². The van der Waals surface area contributed by atoms with Crippen molar-refractivity contribution in [3.05, 3.63) is 0 Å². The zero-order valence-corrected chi connectivity index (χ0v) is 12.7. The first-order valence-corrected chi connectivity index (χ1v) is 8.39. The first kappa shape index (κ1) is 14.8. The van der Waals surface area contributed by atoms with Crippen molar-refractivity contribution < 1.29 is 14.3 Å². The standard InChI is InChI=1S/C16H26N2O3/c19-14(17-13-5-2-1-3-6-13)11-18-10-4-8-16(12-18)9-7-15(20)21-16/h13H,1-12H2,(H,17,19)/t16-/m0/s1. The normalized spacial score (nSPS) is 31.3. The van der Waals surface area contributed by atoms with Crippen LogP contribution < -0.4 is 5.32 Å². The molecule has 3 rings (SSSR count). The minimum Gasteiger partial charge on any atom is -0.458 e. The lowest BCUT2D eigenvalue weighted by atomic mass is 9.90. The van der Waals surface area contributed by atoms with Gasteiger partial charge in [0.2, 0.25) is 5.91 Å². The van der Waals surface area contributed by atoms with Crippen LogP contribution in [-0.2, 0) is 14.3 Å². The summed E-state index contributed by atoms with van der Waals surface area (Å²) in [5, 5.41) is 3.17. The largest absolute Gasteiger partial charge is 0.458 e. The second-order valence-corrected chi connectivity index (χ2v) is 6.87. The third-order valence-electron chi connectivity index (χ3n) is 5.07. The lowest BCUT2D eigenvalue weighted by Crippen LogP contribution is -2.51. The minimum atomic E-state index is -0.305. The Hall–Kier alpha value is -1.10. The highest BCUT2D eigenvalue weighted by atomic mass is 16.6. The molecular formula is C16H26N2O3. The summed E-state index contributed by atoms with van der Waals surface area (Å²) in [6.07, 6.45) is 9.28. The molecule has 2 heterocycles. The molecule has 5 heteroatoms. The van der Waals surface area contributed by atoms with E-state index in [0.29, 0.717) is 19.0 Å². The molecule has 0 aromatic heterocycles. The molecule has 2 aliphatic heterocycles. The first-order valence-electron chi connectivity index (χ1n) is 8.39. The number of esters is 1. The fourth-order valence-electron chi connectivity index (χ4n) is 4.01. The SMILES string of the molecule is O=C(CN1CCC[C@]2(CCC(=O)O2)C1)NC1CCCCC1. The van der Waals surface area contributed by atoms with E-state index < -0.39 is 0 Å². The molecule has 0 unspecified atom stereocenters. The number of carbonyl (C=O) groups excluding carboxylic acids is 2. The van der Waals surface area contributed by atoms with Gasteiger partial charge in [0, 0.05) is 19.0 Å². The predicted octanol–water partition coefficient (Wildman–Crippen LogP) is 1.61. The van der Waals surface area contributed by atoms with Gasteiger partial charge in [0.05, 0.1) is 6.54 Å². The van der Waals surface area contributed by atoms with Crippen LogP contribution in [0.15, 0.2) is 0 Å². The molecule has 0 radical (unpaired) electrons. The summed E-state index contributed by atoms with van der Waals surface area (Å²) in [6, 6.07) is 0.370. The minimum absolute atomic E-state index is 0.0801. The van der Waals surface area contributed by atoms with Gasteiger partial charge in [-0.1, -0.05) is 19.3 Å². The quantitative estimate of drug-likeness (QED) is 0.803. The Morgan fingerprint density at radius 2 is 2.05 bits per heavy atom. The summed E-state index contributed by atoms with van der Waals surface area (Å²) in [6.45, 7) is 2.09. The summed E-state index contributed by atoms with van der Waals surface area (Å²) in [5.74, 6) is 0.0479. The van der Waals surface area contributed by atoms with Crippen LogP contribution in [0.1, 0.15) is 57.8 Å². The van der Waals surface area contributed by atoms with Crippen molar-refractivity contribution in [3.63, 3.8) is 0 Å². The third-order valence-corrected chi connectivity index (χ3v) is 5.07. The maximum absolute atomic E-state index is 12.2. The lowest BCUT2D eigenvalue weighted by Gasteiger charge is -2.38. The van der Waals surface area contributed by atoms with E-state index in [1.54, 1.807) is 0 Å². The van der Waals surface area contributed by atoms with E-state index in [1.165, 1.54) is 19.3 Å². The van der Waals surface area contributed by atoms with Gasteiger partial charge in [-0.2, -0.15) is 0 Å². The molecular weight excluding hydrogens is 268 g/mol. The predicted molar refractivity (Wildman–Crippen MR) is 78.7 cm³/mol. The third kappa shape index (κ3) is 3.76. The number of rotatable bonds is 3. The number of ether oxygens (including phenoxy) is 1. The van der Waals surface area contributed by atoms with Crippen molar-refractivity contribution in [2.45, 2.75) is 69.4 Å². The van der Waals surface area contributed by atoms with E-state index in [9.17, 15) is 9.59 Å². The highest BCUT2D eigenvalue weighted by molar-refractivity contribution is 5.78. The van der Waals surface area contributed by atoms with Crippen LogP contribution in [0, 0.1) is 0 Å². The van der Waals surface area contributed by atoms with Crippen LogP contribution in [-0.4, -0.2) is 48.1 Å². The van der Waals surface area contributed by atoms with E-state index in [-0.39, 0.29) is 17.5 Å². The van der Waals surface area contributed by atoms with Gasteiger partial charge >= 0.3 is 5.97 Å². The molecule has 21 heavy (non-hydrogen) atoms. The first-order chi connectivity index (χ1) is 10.2. The number of piperidine rings is 1. The average Bonchev–Trinajstić information content (AvgIpc) is 2.80. The van der Waals surface area contributed by atoms with Crippen LogP contribution in [0.5, 0.6) is 0 Å². The second kappa shape index (κ2) is 6.34. The summed E-state index contributed by atoms with van der Waals surface area (Å²) in [4.78, 5) is 25.7. The highest BCUT2D eigenvalue weighted by Gasteiger charge is 2.43. The Morgan fingerprint density at radius 3 is 2.76 bits per heavy atom. The monoisotopic (exact) mass is 294 g/mol. The molecule has 1 saturated carbocycles. The number of carbonyl (C=O) groups is 2. The van der Waals surface area contributed by atoms with Gasteiger partial charge in [-0.15, -0.1) is 0 Å². The van der Waals surface area contributed by atoms with Crippen LogP contribution in [0.4, 0.5) is 0 Å². The zero-order valence-electron chi connectivity index (χ0n) is 12.7. The van der Waals surface area contributed by atoms with Crippen molar-refractivity contribution in [1.82, 2.24) is 10.2 Å². The molecule has 3 aliphatic rings. The van der Waals surface area contributed by atoms with E-state index in [4.69, 9.17) is 4.74 Å². The summed E-state index contributed by atoms with van der Waals surface area (Å²) in [5.41, 5.74) is -0.305. The number of nitrogens with zero attached hydrogens (tertiary/aromatic N) is 1. The van der Waals surface area contributed by atoms with Gasteiger partial charge in [-0.25, -0.2) is 0 Å². The molecule has 0 aromatic rings. The maximum atomic E-state index is 12.2. The molecule has 0 bridgehead atoms. The topological polar surface area (TPSA) is 58.6 Å². The molecule has 5 nitrogen and oxygen atoms in total. The van der Waals surface area contributed by atoms with Crippen molar-refractivity contribution in [2.75, 3.05) is 19.6 Å². The van der Waals surface area contributed by atoms with Crippen molar-refractivity contribution in [1.29, 1.82) is 0 Å². The molecule has 1 N–H and O–H groups in total. The molecule has 2 saturated heterocycles. The van der Waals surface area contributed by atoms with E-state index in [0.717, 1.165) is 45.2 Å². The van der Waals surface area contributed by atoms with E-state index in [2.05, 4.69) is 10.2 Å². The van der Waals surface area contributed by atoms with Gasteiger partial charge in [-0.05, 0) is 38.6 Å². The second-order valence-electron chi connectivity index (χ2n) is 6.87. The van der Waals surface area contributed by atoms with Gasteiger partial charge in [0.15, 0.2) is 0 Å². The molecule has 1 amide bonds. The van der Waals surface area contributed by atoms with Gasteiger partial charge in [0.1, 0.15) is 5.60 Å². The summed E-state index contributed by atoms with van der Waals surface area (Å²) in [7, 11) is 0. The fourth-order valence-corrected chi connectivity index (χ4v) is 4.01. The Morgan fingerprint density at radius 1 is 1.24 bits per heavy atom. The number of nitrogens with one attached hydrogen (secondary N) is 1. The van der Waals surface area contributed by atoms with Gasteiger partial charge in [-0.3, -0.25) is 14.5 Å². The number of hydrogen-bond acceptors (Lipinski definition) is 4. The van der Waals surface area contributed by atoms with E-state index >= 15 is 0 Å². The molecule has 118 valence electrons. The lowest BCUT2D eigenvalue weighted by molar-refractivity contribution is -0.152. The maximum Gasteiger partial charge on any atom is 0.306 e. The Bertz CT molecular complexity index is 406. The molecule has 1 spiro atoms. The van der Waals surface area contributed by atoms with Crippen LogP contribution in [0.3, 0.4) is 0 Å². The van der Waals surface area contributed by atoms with E-state index in [1.807, 2.05) is 0 Å². The summed E-state index contributed by atoms with van der Waals surface area (Å²) < 4.78 is 5.54. The van der Waals surface area contributed by atoms with Crippen LogP contribution >= 0.6 is 0 Å². The molecule has 1 aliphatic carbocycles. The smallest absolute Gasteiger partial charge is 0.306 e. The Kier molecular flexibility index (Phi) is 4.48. The van der Waals surface area contributed by atoms with Crippen molar-refractivity contribution in [2.24, 2.45) is 0 Å². The van der Waals surface area contributed by atoms with Crippen molar-refractivity contribution in [3.8, 4) is 0 Å². The number of amides is 1. The fraction of sp³-hybridized carbons (Fsp3) is 0.875. The number of hydrogen-bond donors (Lipinski definition) is 1. The molecule has 0 aromatic carbocycles. The van der Waals surface area contributed by atoms with Crippen LogP contribution in [0.2, 0.25) is 0 Å². The zero-order chi connectivity index (χ0) is 14.7. The Balaban J connectivity index is 1.48. The molecule has 3 fully saturated rings. The average molecular weight is 294 g/mol. The molecule has 1 atom stereocenters.